The summed E-state index contributed by atoms with van der Waals surface area (Å²) in [5.74, 6) is 0.526. The fourth-order valence-corrected chi connectivity index (χ4v) is 4.53. The minimum Gasteiger partial charge on any atom is -0.383 e. The third-order valence-electron chi connectivity index (χ3n) is 4.51. The SMILES string of the molecule is CN1C=C(Sc2cccc(Cl)c2Cl)C(N)=NC1N1CCN(CCN)CC1. The minimum atomic E-state index is -0.0748. The van der Waals surface area contributed by atoms with Crippen LogP contribution in [0.5, 0.6) is 0 Å². The lowest BCUT2D eigenvalue weighted by molar-refractivity contribution is 0.0448. The molecule has 3 rings (SSSR count). The molecule has 1 unspecified atom stereocenters. The highest BCUT2D eigenvalue weighted by Gasteiger charge is 2.28. The summed E-state index contributed by atoms with van der Waals surface area (Å²) >= 11 is 13.9. The van der Waals surface area contributed by atoms with Gasteiger partial charge in [0.2, 0.25) is 0 Å². The van der Waals surface area contributed by atoms with Crippen LogP contribution in [0.1, 0.15) is 0 Å². The van der Waals surface area contributed by atoms with Crippen LogP contribution in [0.3, 0.4) is 0 Å². The van der Waals surface area contributed by atoms with Crippen molar-refractivity contribution >= 4 is 40.8 Å². The Bertz CT molecular complexity index is 702. The van der Waals surface area contributed by atoms with Gasteiger partial charge in [-0.3, -0.25) is 9.80 Å². The monoisotopic (exact) mass is 414 g/mol. The van der Waals surface area contributed by atoms with E-state index in [1.165, 1.54) is 11.8 Å². The first-order valence-corrected chi connectivity index (χ1v) is 10.1. The van der Waals surface area contributed by atoms with Crippen LogP contribution in [0, 0.1) is 0 Å². The van der Waals surface area contributed by atoms with Gasteiger partial charge in [0, 0.05) is 57.4 Å². The molecule has 2 heterocycles. The molecule has 4 N–H and O–H groups in total. The van der Waals surface area contributed by atoms with E-state index in [1.54, 1.807) is 6.07 Å². The van der Waals surface area contributed by atoms with E-state index in [1.807, 2.05) is 25.4 Å². The molecule has 6 nitrogen and oxygen atoms in total. The lowest BCUT2D eigenvalue weighted by Gasteiger charge is -2.41. The van der Waals surface area contributed by atoms with Gasteiger partial charge in [-0.05, 0) is 12.1 Å². The Morgan fingerprint density at radius 1 is 1.23 bits per heavy atom. The number of nitrogens with zero attached hydrogens (tertiary/aromatic N) is 4. The number of aliphatic imine (C=N–C) groups is 1. The molecule has 1 aromatic carbocycles. The molecule has 0 spiro atoms. The van der Waals surface area contributed by atoms with Crippen molar-refractivity contribution < 1.29 is 0 Å². The Hall–Kier alpha value is -0.960. The maximum atomic E-state index is 6.29. The van der Waals surface area contributed by atoms with Gasteiger partial charge >= 0.3 is 0 Å². The first kappa shape index (κ1) is 19.8. The quantitative estimate of drug-likeness (QED) is 0.767. The lowest BCUT2D eigenvalue weighted by Crippen LogP contribution is -2.55. The first-order valence-electron chi connectivity index (χ1n) is 8.55. The zero-order chi connectivity index (χ0) is 18.7. The molecule has 1 fully saturated rings. The van der Waals surface area contributed by atoms with Gasteiger partial charge in [0.25, 0.3) is 0 Å². The zero-order valence-corrected chi connectivity index (χ0v) is 17.1. The maximum Gasteiger partial charge on any atom is 0.180 e. The van der Waals surface area contributed by atoms with Crippen LogP contribution in [-0.4, -0.2) is 73.1 Å². The summed E-state index contributed by atoms with van der Waals surface area (Å²) < 4.78 is 0. The van der Waals surface area contributed by atoms with Gasteiger partial charge in [0.15, 0.2) is 6.29 Å². The topological polar surface area (TPSA) is 74.1 Å². The average Bonchev–Trinajstić information content (AvgIpc) is 2.63. The number of nitrogens with two attached hydrogens (primary N) is 2. The van der Waals surface area contributed by atoms with E-state index in [0.717, 1.165) is 42.5 Å². The van der Waals surface area contributed by atoms with E-state index in [0.29, 0.717) is 22.4 Å². The van der Waals surface area contributed by atoms with Gasteiger partial charge < -0.3 is 16.4 Å². The second-order valence-electron chi connectivity index (χ2n) is 6.34. The highest BCUT2D eigenvalue weighted by atomic mass is 35.5. The molecule has 0 radical (unpaired) electrons. The van der Waals surface area contributed by atoms with Crippen molar-refractivity contribution in [2.75, 3.05) is 46.3 Å². The van der Waals surface area contributed by atoms with Crippen molar-refractivity contribution in [3.8, 4) is 0 Å². The van der Waals surface area contributed by atoms with E-state index in [4.69, 9.17) is 39.7 Å². The molecule has 0 aromatic heterocycles. The van der Waals surface area contributed by atoms with E-state index in [2.05, 4.69) is 14.7 Å². The van der Waals surface area contributed by atoms with Crippen molar-refractivity contribution in [1.82, 2.24) is 14.7 Å². The number of benzene rings is 1. The summed E-state index contributed by atoms with van der Waals surface area (Å²) in [6, 6.07) is 5.57. The van der Waals surface area contributed by atoms with Crippen LogP contribution in [0.25, 0.3) is 0 Å². The maximum absolute atomic E-state index is 6.29. The molecule has 142 valence electrons. The normalized spacial score (nSPS) is 22.3. The predicted molar refractivity (Wildman–Crippen MR) is 111 cm³/mol. The Morgan fingerprint density at radius 3 is 2.65 bits per heavy atom. The van der Waals surface area contributed by atoms with E-state index in [9.17, 15) is 0 Å². The number of hydrogen-bond donors (Lipinski definition) is 2. The van der Waals surface area contributed by atoms with Crippen LogP contribution in [-0.2, 0) is 0 Å². The fraction of sp³-hybridized carbons (Fsp3) is 0.471. The number of halogens is 2. The summed E-state index contributed by atoms with van der Waals surface area (Å²) in [6.45, 7) is 5.54. The largest absolute Gasteiger partial charge is 0.383 e. The summed E-state index contributed by atoms with van der Waals surface area (Å²) in [4.78, 5) is 13.3. The highest BCUT2D eigenvalue weighted by molar-refractivity contribution is 8.04. The summed E-state index contributed by atoms with van der Waals surface area (Å²) in [6.07, 6.45) is 1.95. The summed E-state index contributed by atoms with van der Waals surface area (Å²) in [5, 5.41) is 1.07. The van der Waals surface area contributed by atoms with E-state index >= 15 is 0 Å². The predicted octanol–water partition coefficient (Wildman–Crippen LogP) is 2.09. The van der Waals surface area contributed by atoms with Crippen LogP contribution in [0.15, 0.2) is 39.2 Å². The van der Waals surface area contributed by atoms with Gasteiger partial charge in [0.05, 0.1) is 15.0 Å². The molecule has 0 amide bonds. The van der Waals surface area contributed by atoms with Crippen LogP contribution < -0.4 is 11.5 Å². The highest BCUT2D eigenvalue weighted by Crippen LogP contribution is 2.37. The molecule has 2 aliphatic heterocycles. The Balaban J connectivity index is 1.67. The summed E-state index contributed by atoms with van der Waals surface area (Å²) in [5.41, 5.74) is 11.9. The van der Waals surface area contributed by atoms with Crippen molar-refractivity contribution in [2.24, 2.45) is 16.5 Å². The second-order valence-corrected chi connectivity index (χ2v) is 8.21. The molecule has 9 heteroatoms. The third kappa shape index (κ3) is 4.47. The molecule has 0 bridgehead atoms. The summed E-state index contributed by atoms with van der Waals surface area (Å²) in [7, 11) is 2.02. The Morgan fingerprint density at radius 2 is 1.96 bits per heavy atom. The van der Waals surface area contributed by atoms with Crippen molar-refractivity contribution in [3.05, 3.63) is 39.3 Å². The molecule has 26 heavy (non-hydrogen) atoms. The molecular formula is C17H24Cl2N6S. The van der Waals surface area contributed by atoms with Gasteiger partial charge in [-0.25, -0.2) is 4.99 Å². The Kier molecular flexibility index (Phi) is 6.71. The molecule has 1 aromatic rings. The van der Waals surface area contributed by atoms with Crippen LogP contribution in [0.2, 0.25) is 10.0 Å². The molecule has 1 atom stereocenters. The standard InChI is InChI=1S/C17H24Cl2N6S/c1-23-11-14(26-13-4-2-3-12(18)15(13)19)16(21)22-17(23)25-9-7-24(6-5-20)8-10-25/h2-4,11,17H,5-10,20H2,1H3,(H2,21,22). The number of piperazine rings is 1. The molecular weight excluding hydrogens is 391 g/mol. The van der Waals surface area contributed by atoms with Crippen LogP contribution in [0.4, 0.5) is 0 Å². The third-order valence-corrected chi connectivity index (χ3v) is 6.53. The molecule has 2 aliphatic rings. The number of amidine groups is 1. The second kappa shape index (κ2) is 8.82. The van der Waals surface area contributed by atoms with Gasteiger partial charge in [-0.1, -0.05) is 41.0 Å². The van der Waals surface area contributed by atoms with Gasteiger partial charge in [-0.15, -0.1) is 0 Å². The van der Waals surface area contributed by atoms with Crippen molar-refractivity contribution in [2.45, 2.75) is 11.2 Å². The van der Waals surface area contributed by atoms with E-state index in [-0.39, 0.29) is 6.29 Å². The average molecular weight is 415 g/mol. The van der Waals surface area contributed by atoms with Crippen LogP contribution >= 0.6 is 35.0 Å². The van der Waals surface area contributed by atoms with E-state index < -0.39 is 0 Å². The van der Waals surface area contributed by atoms with Gasteiger partial charge in [-0.2, -0.15) is 0 Å². The first-order chi connectivity index (χ1) is 12.5. The molecule has 0 aliphatic carbocycles. The number of thioether (sulfide) groups is 1. The smallest absolute Gasteiger partial charge is 0.180 e. The number of rotatable bonds is 5. The van der Waals surface area contributed by atoms with Crippen molar-refractivity contribution in [1.29, 1.82) is 0 Å². The number of hydrogen-bond acceptors (Lipinski definition) is 7. The van der Waals surface area contributed by atoms with Crippen molar-refractivity contribution in [3.63, 3.8) is 0 Å². The zero-order valence-electron chi connectivity index (χ0n) is 14.7. The minimum absolute atomic E-state index is 0.0748. The van der Waals surface area contributed by atoms with Gasteiger partial charge in [0.1, 0.15) is 5.84 Å². The lowest BCUT2D eigenvalue weighted by atomic mass is 10.3. The molecule has 0 saturated carbocycles. The molecule has 1 saturated heterocycles. The fourth-order valence-electron chi connectivity index (χ4n) is 3.10. The Labute approximate surface area is 168 Å².